The zero-order valence-electron chi connectivity index (χ0n) is 14.0. The van der Waals surface area contributed by atoms with Crippen LogP contribution in [-0.4, -0.2) is 29.2 Å². The van der Waals surface area contributed by atoms with Crippen molar-refractivity contribution in [3.8, 4) is 6.07 Å². The number of nitrogens with one attached hydrogen (secondary N) is 1. The standard InChI is InChI=1S/C19H17N3O3S/c20-7-12-11-2-1-3-13(11)26-17(12)21-14(23)8-22-18(24)15-9-4-5-10(6-9)16(15)19(22)25/h4-5,9-10,15-16H,1-3,6,8H2,(H,21,23)/t9-,10-,15+,16+/m0/s1. The zero-order valence-corrected chi connectivity index (χ0v) is 14.8. The smallest absolute Gasteiger partial charge is 0.245 e. The van der Waals surface area contributed by atoms with Crippen LogP contribution in [0.2, 0.25) is 0 Å². The lowest BCUT2D eigenvalue weighted by molar-refractivity contribution is -0.143. The van der Waals surface area contributed by atoms with Gasteiger partial charge in [0, 0.05) is 4.88 Å². The molecule has 0 unspecified atom stereocenters. The van der Waals surface area contributed by atoms with E-state index in [1.165, 1.54) is 11.3 Å². The number of fused-ring (bicyclic) bond motifs is 6. The van der Waals surface area contributed by atoms with Crippen LogP contribution in [0.15, 0.2) is 12.2 Å². The number of rotatable bonds is 3. The molecule has 3 amide bonds. The molecule has 3 aliphatic carbocycles. The van der Waals surface area contributed by atoms with Crippen molar-refractivity contribution in [2.24, 2.45) is 23.7 Å². The van der Waals surface area contributed by atoms with Crippen LogP contribution in [0.5, 0.6) is 0 Å². The predicted octanol–water partition coefficient (Wildman–Crippen LogP) is 1.85. The van der Waals surface area contributed by atoms with Crippen molar-refractivity contribution in [3.05, 3.63) is 28.2 Å². The molecule has 132 valence electrons. The number of anilines is 1. The first-order chi connectivity index (χ1) is 12.6. The van der Waals surface area contributed by atoms with E-state index in [0.717, 1.165) is 41.0 Å². The van der Waals surface area contributed by atoms with Gasteiger partial charge in [-0.2, -0.15) is 5.26 Å². The fourth-order valence-corrected chi connectivity index (χ4v) is 6.30. The van der Waals surface area contributed by atoms with Crippen molar-refractivity contribution < 1.29 is 14.4 Å². The Morgan fingerprint density at radius 1 is 1.23 bits per heavy atom. The number of thiophene rings is 1. The average Bonchev–Trinajstić information content (AvgIpc) is 3.39. The summed E-state index contributed by atoms with van der Waals surface area (Å²) in [6.07, 6.45) is 7.79. The second-order valence-electron chi connectivity index (χ2n) is 7.48. The van der Waals surface area contributed by atoms with Gasteiger partial charge < -0.3 is 5.32 Å². The van der Waals surface area contributed by atoms with Crippen LogP contribution in [-0.2, 0) is 27.2 Å². The zero-order chi connectivity index (χ0) is 18.0. The third kappa shape index (κ3) is 2.05. The molecule has 0 aromatic carbocycles. The number of likely N-dealkylation sites (tertiary alicyclic amines) is 1. The fourth-order valence-electron chi connectivity index (χ4n) is 5.04. The minimum absolute atomic E-state index is 0.139. The van der Waals surface area contributed by atoms with E-state index < -0.39 is 5.91 Å². The molecular weight excluding hydrogens is 350 g/mol. The van der Waals surface area contributed by atoms with Crippen molar-refractivity contribution in [2.75, 3.05) is 11.9 Å². The van der Waals surface area contributed by atoms with Crippen LogP contribution in [0.1, 0.15) is 28.8 Å². The van der Waals surface area contributed by atoms with Crippen molar-refractivity contribution >= 4 is 34.1 Å². The van der Waals surface area contributed by atoms with Crippen LogP contribution >= 0.6 is 11.3 Å². The molecule has 26 heavy (non-hydrogen) atoms. The number of carbonyl (C=O) groups is 3. The lowest BCUT2D eigenvalue weighted by atomic mass is 9.85. The number of hydrogen-bond donors (Lipinski definition) is 1. The second kappa shape index (κ2) is 5.52. The summed E-state index contributed by atoms with van der Waals surface area (Å²) >= 11 is 1.44. The Morgan fingerprint density at radius 2 is 1.92 bits per heavy atom. The number of carbonyl (C=O) groups excluding carboxylic acids is 3. The van der Waals surface area contributed by atoms with Gasteiger partial charge in [-0.3, -0.25) is 19.3 Å². The molecular formula is C19H17N3O3S. The summed E-state index contributed by atoms with van der Waals surface area (Å²) in [5.41, 5.74) is 1.58. The van der Waals surface area contributed by atoms with Crippen LogP contribution < -0.4 is 5.32 Å². The first kappa shape index (κ1) is 15.8. The van der Waals surface area contributed by atoms with Gasteiger partial charge in [-0.15, -0.1) is 11.3 Å². The van der Waals surface area contributed by atoms with Gasteiger partial charge in [0.1, 0.15) is 17.6 Å². The van der Waals surface area contributed by atoms with Crippen LogP contribution in [0.25, 0.3) is 0 Å². The number of hydrogen-bond acceptors (Lipinski definition) is 5. The number of amides is 3. The summed E-state index contributed by atoms with van der Waals surface area (Å²) in [7, 11) is 0. The molecule has 2 bridgehead atoms. The first-order valence-corrected chi connectivity index (χ1v) is 9.78. The Hall–Kier alpha value is -2.46. The molecule has 5 rings (SSSR count). The second-order valence-corrected chi connectivity index (χ2v) is 8.59. The summed E-state index contributed by atoms with van der Waals surface area (Å²) in [4.78, 5) is 40.1. The minimum Gasteiger partial charge on any atom is -0.315 e. The lowest BCUT2D eigenvalue weighted by Crippen LogP contribution is -2.39. The van der Waals surface area contributed by atoms with E-state index in [1.807, 2.05) is 12.2 Å². The number of allylic oxidation sites excluding steroid dienone is 2. The van der Waals surface area contributed by atoms with Gasteiger partial charge in [0.25, 0.3) is 0 Å². The molecule has 1 N–H and O–H groups in total. The molecule has 4 aliphatic rings. The third-order valence-electron chi connectivity index (χ3n) is 6.15. The normalized spacial score (nSPS) is 30.7. The van der Waals surface area contributed by atoms with E-state index in [0.29, 0.717) is 10.6 Å². The highest BCUT2D eigenvalue weighted by Crippen LogP contribution is 2.52. The average molecular weight is 367 g/mol. The summed E-state index contributed by atoms with van der Waals surface area (Å²) in [6.45, 7) is -0.266. The van der Waals surface area contributed by atoms with Gasteiger partial charge >= 0.3 is 0 Å². The van der Waals surface area contributed by atoms with Gasteiger partial charge in [0.15, 0.2) is 0 Å². The molecule has 1 aromatic heterocycles. The van der Waals surface area contributed by atoms with Crippen LogP contribution in [0.4, 0.5) is 5.00 Å². The van der Waals surface area contributed by atoms with Gasteiger partial charge in [-0.1, -0.05) is 12.2 Å². The minimum atomic E-state index is -0.414. The van der Waals surface area contributed by atoms with Crippen molar-refractivity contribution in [1.82, 2.24) is 4.90 Å². The number of imide groups is 1. The van der Waals surface area contributed by atoms with Crippen molar-refractivity contribution in [3.63, 3.8) is 0 Å². The molecule has 0 spiro atoms. The van der Waals surface area contributed by atoms with Gasteiger partial charge in [-0.25, -0.2) is 0 Å². The molecule has 2 fully saturated rings. The molecule has 2 heterocycles. The molecule has 4 atom stereocenters. The monoisotopic (exact) mass is 367 g/mol. The number of nitrogens with zero attached hydrogens (tertiary/aromatic N) is 2. The predicted molar refractivity (Wildman–Crippen MR) is 94.1 cm³/mol. The van der Waals surface area contributed by atoms with E-state index in [2.05, 4.69) is 11.4 Å². The lowest BCUT2D eigenvalue weighted by Gasteiger charge is -2.16. The molecule has 6 nitrogen and oxygen atoms in total. The maximum Gasteiger partial charge on any atom is 0.245 e. The Bertz CT molecular complexity index is 895. The maximum absolute atomic E-state index is 12.7. The maximum atomic E-state index is 12.7. The highest BCUT2D eigenvalue weighted by Gasteiger charge is 2.59. The molecule has 1 saturated heterocycles. The quantitative estimate of drug-likeness (QED) is 0.652. The summed E-state index contributed by atoms with van der Waals surface area (Å²) in [5, 5.41) is 12.7. The van der Waals surface area contributed by atoms with Crippen LogP contribution in [0, 0.1) is 35.0 Å². The largest absolute Gasteiger partial charge is 0.315 e. The topological polar surface area (TPSA) is 90.3 Å². The summed E-state index contributed by atoms with van der Waals surface area (Å²) in [5.74, 6) is -1.15. The van der Waals surface area contributed by atoms with Crippen LogP contribution in [0.3, 0.4) is 0 Å². The summed E-state index contributed by atoms with van der Waals surface area (Å²) in [6, 6.07) is 2.18. The highest BCUT2D eigenvalue weighted by molar-refractivity contribution is 7.16. The molecule has 7 heteroatoms. The van der Waals surface area contributed by atoms with E-state index >= 15 is 0 Å². The Balaban J connectivity index is 1.32. The number of aryl methyl sites for hydroxylation is 1. The Labute approximate surface area is 154 Å². The number of nitriles is 1. The van der Waals surface area contributed by atoms with Gasteiger partial charge in [0.05, 0.1) is 17.4 Å². The van der Waals surface area contributed by atoms with E-state index in [4.69, 9.17) is 0 Å². The first-order valence-electron chi connectivity index (χ1n) is 8.96. The van der Waals surface area contributed by atoms with Crippen molar-refractivity contribution in [2.45, 2.75) is 25.7 Å². The van der Waals surface area contributed by atoms with E-state index in [9.17, 15) is 19.6 Å². The van der Waals surface area contributed by atoms with E-state index in [1.54, 1.807) is 0 Å². The molecule has 0 radical (unpaired) electrons. The summed E-state index contributed by atoms with van der Waals surface area (Å²) < 4.78 is 0. The molecule has 1 saturated carbocycles. The van der Waals surface area contributed by atoms with Crippen molar-refractivity contribution in [1.29, 1.82) is 5.26 Å². The molecule has 1 aliphatic heterocycles. The molecule has 1 aromatic rings. The van der Waals surface area contributed by atoms with Gasteiger partial charge in [0.2, 0.25) is 17.7 Å². The van der Waals surface area contributed by atoms with E-state index in [-0.39, 0.29) is 42.0 Å². The highest BCUT2D eigenvalue weighted by atomic mass is 32.1. The van der Waals surface area contributed by atoms with Gasteiger partial charge in [-0.05, 0) is 43.1 Å². The fraction of sp³-hybridized carbons (Fsp3) is 0.474. The Morgan fingerprint density at radius 3 is 2.58 bits per heavy atom. The third-order valence-corrected chi connectivity index (χ3v) is 7.36. The Kier molecular flexibility index (Phi) is 3.35. The SMILES string of the molecule is N#Cc1c(NC(=O)CN2C(=O)[C@H]3[C@H](C2=O)[C@H]2C=C[C@H]3C2)sc2c1CCC2.